The Balaban J connectivity index is 1.64. The minimum atomic E-state index is -0.735. The van der Waals surface area contributed by atoms with E-state index in [-0.39, 0.29) is 11.7 Å². The number of hydrogen-bond donors (Lipinski definition) is 1. The topological polar surface area (TPSA) is 63.6 Å². The SMILES string of the molecule is Cc1ccc(NC(=O)C2CC(c3cccc(F)c3)=NO2)nc1. The molecule has 1 amide bonds. The zero-order chi connectivity index (χ0) is 15.5. The average Bonchev–Trinajstić information content (AvgIpc) is 3.00. The second-order valence-corrected chi connectivity index (χ2v) is 5.06. The lowest BCUT2D eigenvalue weighted by Crippen LogP contribution is -2.28. The molecular formula is C16H14FN3O2. The number of nitrogens with zero attached hydrogens (tertiary/aromatic N) is 2. The number of aromatic nitrogens is 1. The van der Waals surface area contributed by atoms with Gasteiger partial charge in [-0.05, 0) is 30.7 Å². The highest BCUT2D eigenvalue weighted by atomic mass is 19.1. The number of carbonyl (C=O) groups excluding carboxylic acids is 1. The molecule has 1 unspecified atom stereocenters. The Hall–Kier alpha value is -2.76. The van der Waals surface area contributed by atoms with E-state index in [2.05, 4.69) is 15.5 Å². The van der Waals surface area contributed by atoms with E-state index in [0.29, 0.717) is 23.5 Å². The molecule has 0 spiro atoms. The van der Waals surface area contributed by atoms with Gasteiger partial charge in [0.25, 0.3) is 5.91 Å². The Labute approximate surface area is 126 Å². The van der Waals surface area contributed by atoms with Crippen LogP contribution in [-0.4, -0.2) is 22.7 Å². The molecule has 2 heterocycles. The maximum absolute atomic E-state index is 13.2. The van der Waals surface area contributed by atoms with Gasteiger partial charge in [-0.25, -0.2) is 9.37 Å². The predicted molar refractivity (Wildman–Crippen MR) is 80.0 cm³/mol. The van der Waals surface area contributed by atoms with E-state index in [4.69, 9.17) is 4.84 Å². The maximum atomic E-state index is 13.2. The van der Waals surface area contributed by atoms with Gasteiger partial charge >= 0.3 is 0 Å². The highest BCUT2D eigenvalue weighted by Gasteiger charge is 2.29. The van der Waals surface area contributed by atoms with Gasteiger partial charge in [0.05, 0.1) is 5.71 Å². The molecule has 22 heavy (non-hydrogen) atoms. The molecule has 5 nitrogen and oxygen atoms in total. The summed E-state index contributed by atoms with van der Waals surface area (Å²) in [6.07, 6.45) is 1.22. The van der Waals surface area contributed by atoms with Crippen LogP contribution in [0.2, 0.25) is 0 Å². The molecule has 0 bridgehead atoms. The van der Waals surface area contributed by atoms with Crippen molar-refractivity contribution in [2.45, 2.75) is 19.4 Å². The lowest BCUT2D eigenvalue weighted by molar-refractivity contribution is -0.125. The molecular weight excluding hydrogens is 285 g/mol. The fourth-order valence-electron chi connectivity index (χ4n) is 2.10. The Bertz CT molecular complexity index is 728. The van der Waals surface area contributed by atoms with Crippen molar-refractivity contribution in [1.82, 2.24) is 4.98 Å². The monoisotopic (exact) mass is 299 g/mol. The molecule has 112 valence electrons. The number of oxime groups is 1. The van der Waals surface area contributed by atoms with E-state index < -0.39 is 6.10 Å². The third-order valence-electron chi connectivity index (χ3n) is 3.28. The van der Waals surface area contributed by atoms with Crippen molar-refractivity contribution < 1.29 is 14.0 Å². The van der Waals surface area contributed by atoms with Gasteiger partial charge in [-0.15, -0.1) is 0 Å². The lowest BCUT2D eigenvalue weighted by Gasteiger charge is -2.08. The van der Waals surface area contributed by atoms with Crippen LogP contribution in [0, 0.1) is 12.7 Å². The van der Waals surface area contributed by atoms with Gasteiger partial charge in [0.2, 0.25) is 6.10 Å². The molecule has 0 saturated carbocycles. The normalized spacial score (nSPS) is 16.8. The van der Waals surface area contributed by atoms with Gasteiger partial charge in [0.1, 0.15) is 11.6 Å². The van der Waals surface area contributed by atoms with Gasteiger partial charge in [-0.1, -0.05) is 23.4 Å². The number of pyridine rings is 1. The summed E-state index contributed by atoms with van der Waals surface area (Å²) < 4.78 is 13.2. The first-order valence-corrected chi connectivity index (χ1v) is 6.84. The van der Waals surface area contributed by atoms with Crippen LogP contribution in [0.1, 0.15) is 17.5 Å². The number of halogens is 1. The van der Waals surface area contributed by atoms with Crippen molar-refractivity contribution in [1.29, 1.82) is 0 Å². The Kier molecular flexibility index (Phi) is 3.82. The van der Waals surface area contributed by atoms with E-state index in [1.54, 1.807) is 24.4 Å². The number of aryl methyl sites for hydroxylation is 1. The van der Waals surface area contributed by atoms with Gasteiger partial charge in [0, 0.05) is 18.2 Å². The number of rotatable bonds is 3. The molecule has 1 aromatic heterocycles. The number of amides is 1. The summed E-state index contributed by atoms with van der Waals surface area (Å²) in [6, 6.07) is 9.62. The summed E-state index contributed by atoms with van der Waals surface area (Å²) in [5.74, 6) is -0.220. The van der Waals surface area contributed by atoms with Crippen molar-refractivity contribution in [3.05, 3.63) is 59.5 Å². The Morgan fingerprint density at radius 2 is 2.23 bits per heavy atom. The summed E-state index contributed by atoms with van der Waals surface area (Å²) in [4.78, 5) is 21.4. The molecule has 1 aromatic carbocycles. The third-order valence-corrected chi connectivity index (χ3v) is 3.28. The third kappa shape index (κ3) is 3.11. The number of anilines is 1. The quantitative estimate of drug-likeness (QED) is 0.947. The lowest BCUT2D eigenvalue weighted by atomic mass is 10.0. The number of hydrogen-bond acceptors (Lipinski definition) is 4. The molecule has 3 rings (SSSR count). The summed E-state index contributed by atoms with van der Waals surface area (Å²) in [5.41, 5.74) is 2.17. The zero-order valence-electron chi connectivity index (χ0n) is 11.9. The van der Waals surface area contributed by atoms with Crippen molar-refractivity contribution >= 4 is 17.4 Å². The smallest absolute Gasteiger partial charge is 0.269 e. The number of nitrogens with one attached hydrogen (secondary N) is 1. The second kappa shape index (κ2) is 5.93. The molecule has 1 atom stereocenters. The van der Waals surface area contributed by atoms with E-state index in [1.165, 1.54) is 12.1 Å². The molecule has 0 radical (unpaired) electrons. The van der Waals surface area contributed by atoms with Gasteiger partial charge in [-0.3, -0.25) is 4.79 Å². The average molecular weight is 299 g/mol. The molecule has 1 N–H and O–H groups in total. The molecule has 6 heteroatoms. The highest BCUT2D eigenvalue weighted by Crippen LogP contribution is 2.18. The number of benzene rings is 1. The van der Waals surface area contributed by atoms with Crippen LogP contribution in [0.15, 0.2) is 47.8 Å². The first-order valence-electron chi connectivity index (χ1n) is 6.84. The maximum Gasteiger partial charge on any atom is 0.269 e. The van der Waals surface area contributed by atoms with Gasteiger partial charge in [-0.2, -0.15) is 0 Å². The Morgan fingerprint density at radius 1 is 1.36 bits per heavy atom. The van der Waals surface area contributed by atoms with E-state index in [9.17, 15) is 9.18 Å². The van der Waals surface area contributed by atoms with Crippen LogP contribution in [0.25, 0.3) is 0 Å². The summed E-state index contributed by atoms with van der Waals surface area (Å²) >= 11 is 0. The molecule has 0 saturated heterocycles. The van der Waals surface area contributed by atoms with E-state index >= 15 is 0 Å². The fraction of sp³-hybridized carbons (Fsp3) is 0.188. The van der Waals surface area contributed by atoms with Crippen molar-refractivity contribution in [2.24, 2.45) is 5.16 Å². The minimum absolute atomic E-state index is 0.293. The molecule has 1 aliphatic rings. The second-order valence-electron chi connectivity index (χ2n) is 5.06. The first kappa shape index (κ1) is 14.2. The fourth-order valence-corrected chi connectivity index (χ4v) is 2.10. The van der Waals surface area contributed by atoms with Crippen molar-refractivity contribution in [2.75, 3.05) is 5.32 Å². The van der Waals surface area contributed by atoms with E-state index in [1.807, 2.05) is 13.0 Å². The highest BCUT2D eigenvalue weighted by molar-refractivity contribution is 6.05. The Morgan fingerprint density at radius 3 is 2.95 bits per heavy atom. The molecule has 0 fully saturated rings. The van der Waals surface area contributed by atoms with Crippen LogP contribution in [0.5, 0.6) is 0 Å². The molecule has 0 aliphatic carbocycles. The largest absolute Gasteiger partial charge is 0.382 e. The van der Waals surface area contributed by atoms with Crippen LogP contribution < -0.4 is 5.32 Å². The minimum Gasteiger partial charge on any atom is -0.382 e. The van der Waals surface area contributed by atoms with Crippen LogP contribution in [-0.2, 0) is 9.63 Å². The van der Waals surface area contributed by atoms with Crippen LogP contribution in [0.3, 0.4) is 0 Å². The summed E-state index contributed by atoms with van der Waals surface area (Å²) in [5, 5.41) is 6.55. The number of carbonyl (C=O) groups is 1. The van der Waals surface area contributed by atoms with Gasteiger partial charge < -0.3 is 10.2 Å². The van der Waals surface area contributed by atoms with Crippen molar-refractivity contribution in [3.8, 4) is 0 Å². The predicted octanol–water partition coefficient (Wildman–Crippen LogP) is 2.66. The molecule has 1 aliphatic heterocycles. The van der Waals surface area contributed by atoms with Crippen LogP contribution >= 0.6 is 0 Å². The van der Waals surface area contributed by atoms with Crippen molar-refractivity contribution in [3.63, 3.8) is 0 Å². The summed E-state index contributed by atoms with van der Waals surface area (Å²) in [6.45, 7) is 1.91. The van der Waals surface area contributed by atoms with Gasteiger partial charge in [0.15, 0.2) is 0 Å². The van der Waals surface area contributed by atoms with E-state index in [0.717, 1.165) is 5.56 Å². The molecule has 2 aromatic rings. The zero-order valence-corrected chi connectivity index (χ0v) is 11.9. The van der Waals surface area contributed by atoms with Crippen LogP contribution in [0.4, 0.5) is 10.2 Å². The first-order chi connectivity index (χ1) is 10.6. The standard InChI is InChI=1S/C16H14FN3O2/c1-10-5-6-15(18-9-10)19-16(21)14-8-13(20-22-14)11-3-2-4-12(17)7-11/h2-7,9,14H,8H2,1H3,(H,18,19,21). The summed E-state index contributed by atoms with van der Waals surface area (Å²) in [7, 11) is 0.